The van der Waals surface area contributed by atoms with Crippen molar-refractivity contribution in [3.8, 4) is 0 Å². The summed E-state index contributed by atoms with van der Waals surface area (Å²) in [6.45, 7) is 5.54. The Labute approximate surface area is 76.1 Å². The van der Waals surface area contributed by atoms with Gasteiger partial charge in [0.25, 0.3) is 0 Å². The van der Waals surface area contributed by atoms with E-state index in [-0.39, 0.29) is 0 Å². The van der Waals surface area contributed by atoms with Crippen molar-refractivity contribution in [1.82, 2.24) is 0 Å². The summed E-state index contributed by atoms with van der Waals surface area (Å²) in [5.74, 6) is -0.717. The van der Waals surface area contributed by atoms with Gasteiger partial charge in [-0.3, -0.25) is 4.79 Å². The summed E-state index contributed by atoms with van der Waals surface area (Å²) >= 11 is 3.38. The Morgan fingerprint density at radius 3 is 2.36 bits per heavy atom. The molecule has 0 aliphatic carbocycles. The number of carbonyl (C=O) groups is 1. The Kier molecular flexibility index (Phi) is 4.08. The van der Waals surface area contributed by atoms with Gasteiger partial charge < -0.3 is 5.11 Å². The fourth-order valence-corrected chi connectivity index (χ4v) is 0.896. The van der Waals surface area contributed by atoms with E-state index < -0.39 is 11.4 Å². The molecule has 0 bridgehead atoms. The standard InChI is InChI=1S/C8H15BrO2/c1-6(9)4-5-8(2,3)7(10)11/h6H,4-5H2,1-3H3,(H,10,11). The summed E-state index contributed by atoms with van der Waals surface area (Å²) < 4.78 is 0. The lowest BCUT2D eigenvalue weighted by Gasteiger charge is -2.19. The van der Waals surface area contributed by atoms with Crippen LogP contribution in [0.5, 0.6) is 0 Å². The monoisotopic (exact) mass is 222 g/mol. The predicted molar refractivity (Wildman–Crippen MR) is 49.0 cm³/mol. The molecule has 0 spiro atoms. The molecule has 0 radical (unpaired) electrons. The highest BCUT2D eigenvalue weighted by Gasteiger charge is 2.26. The Morgan fingerprint density at radius 2 is 2.09 bits per heavy atom. The molecule has 0 aromatic rings. The number of hydrogen-bond donors (Lipinski definition) is 1. The molecule has 2 nitrogen and oxygen atoms in total. The van der Waals surface area contributed by atoms with Crippen molar-refractivity contribution >= 4 is 21.9 Å². The molecule has 66 valence electrons. The number of carboxylic acid groups (broad SMARTS) is 1. The first-order chi connectivity index (χ1) is 4.86. The van der Waals surface area contributed by atoms with Gasteiger partial charge in [-0.1, -0.05) is 22.9 Å². The number of alkyl halides is 1. The van der Waals surface area contributed by atoms with Crippen LogP contribution in [0.4, 0.5) is 0 Å². The fourth-order valence-electron chi connectivity index (χ4n) is 0.667. The maximum Gasteiger partial charge on any atom is 0.309 e. The summed E-state index contributed by atoms with van der Waals surface area (Å²) in [4.78, 5) is 11.0. The molecule has 1 atom stereocenters. The molecule has 0 heterocycles. The molecular weight excluding hydrogens is 208 g/mol. The second-order valence-electron chi connectivity index (χ2n) is 3.51. The quantitative estimate of drug-likeness (QED) is 0.744. The summed E-state index contributed by atoms with van der Waals surface area (Å²) in [5, 5.41) is 8.74. The minimum absolute atomic E-state index is 0.404. The van der Waals surface area contributed by atoms with Gasteiger partial charge in [0, 0.05) is 4.83 Å². The van der Waals surface area contributed by atoms with E-state index in [2.05, 4.69) is 15.9 Å². The van der Waals surface area contributed by atoms with Crippen molar-refractivity contribution in [3.63, 3.8) is 0 Å². The first-order valence-electron chi connectivity index (χ1n) is 3.74. The van der Waals surface area contributed by atoms with Crippen LogP contribution < -0.4 is 0 Å². The fraction of sp³-hybridized carbons (Fsp3) is 0.875. The Morgan fingerprint density at radius 1 is 1.64 bits per heavy atom. The molecular formula is C8H15BrO2. The molecule has 0 saturated heterocycles. The predicted octanol–water partition coefficient (Wildman–Crippen LogP) is 2.66. The third-order valence-electron chi connectivity index (χ3n) is 1.75. The molecule has 0 aromatic carbocycles. The van der Waals surface area contributed by atoms with Crippen LogP contribution in [0.3, 0.4) is 0 Å². The first-order valence-corrected chi connectivity index (χ1v) is 4.65. The van der Waals surface area contributed by atoms with Gasteiger partial charge in [0.2, 0.25) is 0 Å². The molecule has 0 aromatic heterocycles. The van der Waals surface area contributed by atoms with Crippen molar-refractivity contribution < 1.29 is 9.90 Å². The van der Waals surface area contributed by atoms with Crippen LogP contribution in [0.1, 0.15) is 33.6 Å². The van der Waals surface area contributed by atoms with Crippen LogP contribution >= 0.6 is 15.9 Å². The Hall–Kier alpha value is -0.0500. The van der Waals surface area contributed by atoms with Gasteiger partial charge in [-0.05, 0) is 26.7 Å². The van der Waals surface area contributed by atoms with E-state index in [0.29, 0.717) is 4.83 Å². The molecule has 0 rings (SSSR count). The summed E-state index contributed by atoms with van der Waals surface area (Å²) in [6, 6.07) is 0. The van der Waals surface area contributed by atoms with E-state index in [9.17, 15) is 4.79 Å². The van der Waals surface area contributed by atoms with Crippen LogP contribution in [0.15, 0.2) is 0 Å². The zero-order chi connectivity index (χ0) is 9.07. The van der Waals surface area contributed by atoms with Crippen LogP contribution in [-0.2, 0) is 4.79 Å². The van der Waals surface area contributed by atoms with Crippen molar-refractivity contribution in [3.05, 3.63) is 0 Å². The smallest absolute Gasteiger partial charge is 0.309 e. The van der Waals surface area contributed by atoms with Gasteiger partial charge in [0.05, 0.1) is 5.41 Å². The van der Waals surface area contributed by atoms with Crippen molar-refractivity contribution in [2.45, 2.75) is 38.4 Å². The highest BCUT2D eigenvalue weighted by Crippen LogP contribution is 2.24. The Bertz CT molecular complexity index is 141. The molecule has 0 fully saturated rings. The van der Waals surface area contributed by atoms with Crippen molar-refractivity contribution in [1.29, 1.82) is 0 Å². The zero-order valence-corrected chi connectivity index (χ0v) is 8.81. The third-order valence-corrected chi connectivity index (χ3v) is 2.20. The zero-order valence-electron chi connectivity index (χ0n) is 7.22. The Balaban J connectivity index is 3.83. The normalized spacial score (nSPS) is 14.5. The van der Waals surface area contributed by atoms with Crippen LogP contribution in [0.2, 0.25) is 0 Å². The van der Waals surface area contributed by atoms with Gasteiger partial charge in [-0.2, -0.15) is 0 Å². The third kappa shape index (κ3) is 4.40. The first kappa shape index (κ1) is 11.0. The highest BCUT2D eigenvalue weighted by molar-refractivity contribution is 9.09. The topological polar surface area (TPSA) is 37.3 Å². The number of aliphatic carboxylic acids is 1. The van der Waals surface area contributed by atoms with E-state index in [1.165, 1.54) is 0 Å². The highest BCUT2D eigenvalue weighted by atomic mass is 79.9. The summed E-state index contributed by atoms with van der Waals surface area (Å²) in [7, 11) is 0. The minimum atomic E-state index is -0.717. The van der Waals surface area contributed by atoms with E-state index in [1.807, 2.05) is 6.92 Å². The second-order valence-corrected chi connectivity index (χ2v) is 5.07. The number of hydrogen-bond acceptors (Lipinski definition) is 1. The van der Waals surface area contributed by atoms with Gasteiger partial charge in [0.15, 0.2) is 0 Å². The van der Waals surface area contributed by atoms with Crippen LogP contribution in [0.25, 0.3) is 0 Å². The van der Waals surface area contributed by atoms with E-state index in [1.54, 1.807) is 13.8 Å². The minimum Gasteiger partial charge on any atom is -0.481 e. The summed E-state index contributed by atoms with van der Waals surface area (Å²) in [5.41, 5.74) is -0.581. The van der Waals surface area contributed by atoms with Crippen LogP contribution in [0, 0.1) is 5.41 Å². The lowest BCUT2D eigenvalue weighted by molar-refractivity contribution is -0.147. The van der Waals surface area contributed by atoms with Crippen molar-refractivity contribution in [2.75, 3.05) is 0 Å². The van der Waals surface area contributed by atoms with Gasteiger partial charge in [-0.25, -0.2) is 0 Å². The molecule has 0 aliphatic rings. The molecule has 0 aliphatic heterocycles. The lowest BCUT2D eigenvalue weighted by atomic mass is 9.87. The summed E-state index contributed by atoms with van der Waals surface area (Å²) in [6.07, 6.45) is 1.62. The number of carboxylic acids is 1. The molecule has 0 saturated carbocycles. The molecule has 1 unspecified atom stereocenters. The van der Waals surface area contributed by atoms with E-state index in [0.717, 1.165) is 12.8 Å². The van der Waals surface area contributed by atoms with Gasteiger partial charge in [0.1, 0.15) is 0 Å². The number of rotatable bonds is 4. The van der Waals surface area contributed by atoms with Gasteiger partial charge >= 0.3 is 5.97 Å². The molecule has 11 heavy (non-hydrogen) atoms. The average molecular weight is 223 g/mol. The van der Waals surface area contributed by atoms with E-state index in [4.69, 9.17) is 5.11 Å². The average Bonchev–Trinajstić information content (AvgIpc) is 1.84. The largest absolute Gasteiger partial charge is 0.481 e. The SMILES string of the molecule is CC(Br)CCC(C)(C)C(=O)O. The van der Waals surface area contributed by atoms with Gasteiger partial charge in [-0.15, -0.1) is 0 Å². The maximum absolute atomic E-state index is 10.6. The second kappa shape index (κ2) is 4.10. The molecule has 1 N–H and O–H groups in total. The lowest BCUT2D eigenvalue weighted by Crippen LogP contribution is -2.24. The molecule has 0 amide bonds. The van der Waals surface area contributed by atoms with Crippen LogP contribution in [-0.4, -0.2) is 15.9 Å². The van der Waals surface area contributed by atoms with E-state index >= 15 is 0 Å². The maximum atomic E-state index is 10.6. The molecule has 3 heteroatoms. The number of halogens is 1. The van der Waals surface area contributed by atoms with Crippen molar-refractivity contribution in [2.24, 2.45) is 5.41 Å².